The fraction of sp³-hybridized carbons (Fsp3) is 0.263. The fourth-order valence-corrected chi connectivity index (χ4v) is 2.56. The van der Waals surface area contributed by atoms with Crippen LogP contribution in [0.15, 0.2) is 42.5 Å². The molecule has 2 aromatic rings. The number of aliphatic carboxylic acids is 1. The Balaban J connectivity index is 2.00. The van der Waals surface area contributed by atoms with E-state index in [4.69, 9.17) is 5.11 Å². The molecule has 0 radical (unpaired) electrons. The molecule has 0 aliphatic carbocycles. The molecule has 0 atom stereocenters. The lowest BCUT2D eigenvalue weighted by Gasteiger charge is -2.11. The van der Waals surface area contributed by atoms with Crippen LogP contribution < -0.4 is 5.32 Å². The van der Waals surface area contributed by atoms with Crippen molar-refractivity contribution in [3.05, 3.63) is 64.7 Å². The second kappa shape index (κ2) is 7.58. The number of carboxylic acid groups (broad SMARTS) is 1. The highest BCUT2D eigenvalue weighted by Crippen LogP contribution is 2.17. The van der Waals surface area contributed by atoms with Gasteiger partial charge in [0.15, 0.2) is 0 Å². The molecule has 2 N–H and O–H groups in total. The molecule has 0 fully saturated rings. The number of hydrogen-bond donors (Lipinski definition) is 2. The van der Waals surface area contributed by atoms with Crippen LogP contribution in [0.4, 0.5) is 5.69 Å². The Labute approximate surface area is 136 Å². The molecular formula is C19H21NO3. The zero-order valence-corrected chi connectivity index (χ0v) is 13.4. The molecule has 0 spiro atoms. The molecule has 2 rings (SSSR count). The Bertz CT molecular complexity index is 685. The molecule has 0 aromatic heterocycles. The van der Waals surface area contributed by atoms with Crippen molar-refractivity contribution in [1.82, 2.24) is 0 Å². The molecule has 0 aliphatic heterocycles. The molecule has 4 heteroatoms. The summed E-state index contributed by atoms with van der Waals surface area (Å²) in [7, 11) is 0. The quantitative estimate of drug-likeness (QED) is 0.848. The average molecular weight is 311 g/mol. The molecule has 0 saturated heterocycles. The van der Waals surface area contributed by atoms with Gasteiger partial charge in [-0.1, -0.05) is 30.3 Å². The molecule has 4 nitrogen and oxygen atoms in total. The zero-order valence-electron chi connectivity index (χ0n) is 13.4. The van der Waals surface area contributed by atoms with Gasteiger partial charge in [-0.3, -0.25) is 9.59 Å². The standard InChI is InChI=1S/C19H21NO3/c1-13-5-3-6-14(2)18(13)19(23)20-16-11-9-15(10-12-16)7-4-8-17(21)22/h3,5-6,9-12H,4,7-8H2,1-2H3,(H,20,23)(H,21,22). The van der Waals surface area contributed by atoms with Gasteiger partial charge in [0.25, 0.3) is 5.91 Å². The largest absolute Gasteiger partial charge is 0.481 e. The first-order valence-electron chi connectivity index (χ1n) is 7.65. The number of carboxylic acids is 1. The van der Waals surface area contributed by atoms with Gasteiger partial charge in [0, 0.05) is 17.7 Å². The molecule has 0 heterocycles. The minimum Gasteiger partial charge on any atom is -0.481 e. The molecule has 0 unspecified atom stereocenters. The fourth-order valence-electron chi connectivity index (χ4n) is 2.56. The molecule has 0 bridgehead atoms. The van der Waals surface area contributed by atoms with Crippen LogP contribution in [0.1, 0.15) is 39.9 Å². The summed E-state index contributed by atoms with van der Waals surface area (Å²) in [6.45, 7) is 3.85. The number of nitrogens with one attached hydrogen (secondary N) is 1. The Morgan fingerprint density at radius 2 is 1.61 bits per heavy atom. The van der Waals surface area contributed by atoms with Crippen LogP contribution in [0, 0.1) is 13.8 Å². The molecule has 23 heavy (non-hydrogen) atoms. The predicted octanol–water partition coefficient (Wildman–Crippen LogP) is 3.96. The lowest BCUT2D eigenvalue weighted by molar-refractivity contribution is -0.137. The first-order valence-corrected chi connectivity index (χ1v) is 7.65. The molecular weight excluding hydrogens is 290 g/mol. The number of hydrogen-bond acceptors (Lipinski definition) is 2. The maximum absolute atomic E-state index is 12.4. The number of carbonyl (C=O) groups excluding carboxylic acids is 1. The summed E-state index contributed by atoms with van der Waals surface area (Å²) in [6.07, 6.45) is 1.51. The van der Waals surface area contributed by atoms with Gasteiger partial charge in [0.2, 0.25) is 0 Å². The summed E-state index contributed by atoms with van der Waals surface area (Å²) in [6, 6.07) is 13.3. The third-order valence-corrected chi connectivity index (χ3v) is 3.78. The van der Waals surface area contributed by atoms with Crippen LogP contribution in [0.5, 0.6) is 0 Å². The van der Waals surface area contributed by atoms with Crippen molar-refractivity contribution in [3.63, 3.8) is 0 Å². The summed E-state index contributed by atoms with van der Waals surface area (Å²) >= 11 is 0. The zero-order chi connectivity index (χ0) is 16.8. The summed E-state index contributed by atoms with van der Waals surface area (Å²) in [5.74, 6) is -0.887. The van der Waals surface area contributed by atoms with Crippen molar-refractivity contribution in [1.29, 1.82) is 0 Å². The summed E-state index contributed by atoms with van der Waals surface area (Å²) in [5, 5.41) is 11.5. The van der Waals surface area contributed by atoms with E-state index >= 15 is 0 Å². The van der Waals surface area contributed by atoms with Crippen molar-refractivity contribution >= 4 is 17.6 Å². The summed E-state index contributed by atoms with van der Waals surface area (Å²) < 4.78 is 0. The number of amides is 1. The van der Waals surface area contributed by atoms with E-state index in [9.17, 15) is 9.59 Å². The number of aryl methyl sites for hydroxylation is 3. The number of benzene rings is 2. The minimum atomic E-state index is -0.775. The SMILES string of the molecule is Cc1cccc(C)c1C(=O)Nc1ccc(CCCC(=O)O)cc1. The second-order valence-corrected chi connectivity index (χ2v) is 5.67. The monoisotopic (exact) mass is 311 g/mol. The first kappa shape index (κ1) is 16.7. The van der Waals surface area contributed by atoms with Crippen LogP contribution in [0.3, 0.4) is 0 Å². The molecule has 1 amide bonds. The highest BCUT2D eigenvalue weighted by atomic mass is 16.4. The van der Waals surface area contributed by atoms with Gasteiger partial charge in [0.05, 0.1) is 0 Å². The van der Waals surface area contributed by atoms with E-state index in [2.05, 4.69) is 5.32 Å². The van der Waals surface area contributed by atoms with Gasteiger partial charge in [-0.05, 0) is 55.5 Å². The normalized spacial score (nSPS) is 10.3. The van der Waals surface area contributed by atoms with Gasteiger partial charge >= 0.3 is 5.97 Å². The number of anilines is 1. The first-order chi connectivity index (χ1) is 11.0. The van der Waals surface area contributed by atoms with Gasteiger partial charge in [-0.25, -0.2) is 0 Å². The third-order valence-electron chi connectivity index (χ3n) is 3.78. The van der Waals surface area contributed by atoms with Gasteiger partial charge in [-0.2, -0.15) is 0 Å². The van der Waals surface area contributed by atoms with Crippen LogP contribution in [0.2, 0.25) is 0 Å². The highest BCUT2D eigenvalue weighted by molar-refractivity contribution is 6.06. The van der Waals surface area contributed by atoms with Crippen molar-refractivity contribution in [2.75, 3.05) is 5.32 Å². The Kier molecular flexibility index (Phi) is 5.52. The van der Waals surface area contributed by atoms with E-state index in [-0.39, 0.29) is 12.3 Å². The Morgan fingerprint density at radius 1 is 1.00 bits per heavy atom. The predicted molar refractivity (Wildman–Crippen MR) is 90.9 cm³/mol. The maximum Gasteiger partial charge on any atom is 0.303 e. The van der Waals surface area contributed by atoms with E-state index in [1.807, 2.05) is 56.3 Å². The Hall–Kier alpha value is -2.62. The topological polar surface area (TPSA) is 66.4 Å². The Morgan fingerprint density at radius 3 is 2.17 bits per heavy atom. The van der Waals surface area contributed by atoms with Gasteiger partial charge in [0.1, 0.15) is 0 Å². The van der Waals surface area contributed by atoms with Crippen LogP contribution in [-0.2, 0) is 11.2 Å². The van der Waals surface area contributed by atoms with Gasteiger partial charge in [-0.15, -0.1) is 0 Å². The maximum atomic E-state index is 12.4. The number of carbonyl (C=O) groups is 2. The van der Waals surface area contributed by atoms with E-state index in [0.717, 1.165) is 28.8 Å². The van der Waals surface area contributed by atoms with Crippen molar-refractivity contribution < 1.29 is 14.7 Å². The summed E-state index contributed by atoms with van der Waals surface area (Å²) in [4.78, 5) is 22.9. The van der Waals surface area contributed by atoms with Crippen LogP contribution in [0.25, 0.3) is 0 Å². The third kappa shape index (κ3) is 4.68. The van der Waals surface area contributed by atoms with E-state index < -0.39 is 5.97 Å². The smallest absolute Gasteiger partial charge is 0.303 e. The van der Waals surface area contributed by atoms with Gasteiger partial charge < -0.3 is 10.4 Å². The second-order valence-electron chi connectivity index (χ2n) is 5.67. The molecule has 0 saturated carbocycles. The van der Waals surface area contributed by atoms with Crippen molar-refractivity contribution in [2.24, 2.45) is 0 Å². The van der Waals surface area contributed by atoms with E-state index in [1.54, 1.807) is 0 Å². The van der Waals surface area contributed by atoms with E-state index in [0.29, 0.717) is 12.0 Å². The minimum absolute atomic E-state index is 0.112. The highest BCUT2D eigenvalue weighted by Gasteiger charge is 2.11. The van der Waals surface area contributed by atoms with Crippen LogP contribution in [-0.4, -0.2) is 17.0 Å². The molecule has 2 aromatic carbocycles. The number of rotatable bonds is 6. The summed E-state index contributed by atoms with van der Waals surface area (Å²) in [5.41, 5.74) is 4.41. The average Bonchev–Trinajstić information content (AvgIpc) is 2.48. The lowest BCUT2D eigenvalue weighted by Crippen LogP contribution is -2.14. The van der Waals surface area contributed by atoms with E-state index in [1.165, 1.54) is 0 Å². The van der Waals surface area contributed by atoms with Crippen molar-refractivity contribution in [3.8, 4) is 0 Å². The lowest BCUT2D eigenvalue weighted by atomic mass is 10.0. The molecule has 0 aliphatic rings. The molecule has 120 valence electrons. The van der Waals surface area contributed by atoms with Crippen molar-refractivity contribution in [2.45, 2.75) is 33.1 Å². The van der Waals surface area contributed by atoms with Crippen LogP contribution >= 0.6 is 0 Å².